The Labute approximate surface area is 150 Å². The van der Waals surface area contributed by atoms with Gasteiger partial charge < -0.3 is 9.73 Å². The minimum Gasteiger partial charge on any atom is -0.438 e. The highest BCUT2D eigenvalue weighted by Crippen LogP contribution is 2.40. The number of anilines is 1. The topological polar surface area (TPSA) is 68.2 Å². The Morgan fingerprint density at radius 1 is 1.19 bits per heavy atom. The van der Waals surface area contributed by atoms with E-state index in [0.717, 1.165) is 28.4 Å². The molecular formula is C20H19N5O. The lowest BCUT2D eigenvalue weighted by Crippen LogP contribution is -2.09. The zero-order valence-corrected chi connectivity index (χ0v) is 14.5. The highest BCUT2D eigenvalue weighted by molar-refractivity contribution is 5.68. The fourth-order valence-electron chi connectivity index (χ4n) is 3.12. The Morgan fingerprint density at radius 3 is 2.85 bits per heavy atom. The summed E-state index contributed by atoms with van der Waals surface area (Å²) in [6.45, 7) is 2.02. The van der Waals surface area contributed by atoms with Gasteiger partial charge in [0, 0.05) is 23.9 Å². The number of fused-ring (bicyclic) bond motifs is 1. The fourth-order valence-corrected chi connectivity index (χ4v) is 3.12. The van der Waals surface area contributed by atoms with E-state index in [1.165, 1.54) is 12.8 Å². The number of hydrogen-bond donors (Lipinski definition) is 1. The van der Waals surface area contributed by atoms with E-state index >= 15 is 0 Å². The van der Waals surface area contributed by atoms with Crippen LogP contribution in [0, 0.1) is 0 Å². The predicted molar refractivity (Wildman–Crippen MR) is 98.9 cm³/mol. The first kappa shape index (κ1) is 15.1. The van der Waals surface area contributed by atoms with Crippen molar-refractivity contribution in [2.45, 2.75) is 31.7 Å². The van der Waals surface area contributed by atoms with Gasteiger partial charge >= 0.3 is 0 Å². The molecule has 1 aromatic carbocycles. The molecule has 1 unspecified atom stereocenters. The molecule has 0 radical (unpaired) electrons. The van der Waals surface area contributed by atoms with Gasteiger partial charge in [0.25, 0.3) is 0 Å². The van der Waals surface area contributed by atoms with Crippen LogP contribution in [0.15, 0.2) is 59.4 Å². The van der Waals surface area contributed by atoms with Crippen LogP contribution in [0.1, 0.15) is 43.3 Å². The maximum Gasteiger partial charge on any atom is 0.217 e. The molecule has 0 saturated heterocycles. The quantitative estimate of drug-likeness (QED) is 0.579. The molecule has 4 aromatic rings. The van der Waals surface area contributed by atoms with Gasteiger partial charge in [0.15, 0.2) is 11.6 Å². The highest BCUT2D eigenvalue weighted by atomic mass is 16.4. The van der Waals surface area contributed by atoms with Gasteiger partial charge in [0.2, 0.25) is 5.89 Å². The van der Waals surface area contributed by atoms with Crippen molar-refractivity contribution >= 4 is 11.3 Å². The van der Waals surface area contributed by atoms with Crippen molar-refractivity contribution in [3.8, 4) is 11.3 Å². The van der Waals surface area contributed by atoms with Crippen LogP contribution in [0.4, 0.5) is 5.82 Å². The molecule has 26 heavy (non-hydrogen) atoms. The summed E-state index contributed by atoms with van der Waals surface area (Å²) >= 11 is 0. The van der Waals surface area contributed by atoms with E-state index in [-0.39, 0.29) is 6.04 Å². The van der Waals surface area contributed by atoms with Crippen LogP contribution in [-0.4, -0.2) is 19.6 Å². The Hall–Kier alpha value is -3.15. The summed E-state index contributed by atoms with van der Waals surface area (Å²) in [6, 6.07) is 12.0. The summed E-state index contributed by atoms with van der Waals surface area (Å²) in [4.78, 5) is 8.92. The number of nitrogens with one attached hydrogen (secondary N) is 1. The molecule has 1 N–H and O–H groups in total. The van der Waals surface area contributed by atoms with Crippen LogP contribution in [-0.2, 0) is 0 Å². The highest BCUT2D eigenvalue weighted by Gasteiger charge is 2.27. The zero-order chi connectivity index (χ0) is 17.5. The molecule has 0 spiro atoms. The summed E-state index contributed by atoms with van der Waals surface area (Å²) in [7, 11) is 0. The van der Waals surface area contributed by atoms with Gasteiger partial charge in [-0.25, -0.2) is 14.5 Å². The summed E-state index contributed by atoms with van der Waals surface area (Å²) in [5.41, 5.74) is 3.15. The maximum atomic E-state index is 5.95. The van der Waals surface area contributed by atoms with Crippen molar-refractivity contribution in [3.63, 3.8) is 0 Å². The molecule has 6 heteroatoms. The Balaban J connectivity index is 1.41. The zero-order valence-electron chi connectivity index (χ0n) is 14.5. The van der Waals surface area contributed by atoms with Crippen molar-refractivity contribution in [3.05, 3.63) is 66.6 Å². The Kier molecular flexibility index (Phi) is 3.48. The van der Waals surface area contributed by atoms with Gasteiger partial charge in [-0.3, -0.25) is 0 Å². The second-order valence-electron chi connectivity index (χ2n) is 6.74. The van der Waals surface area contributed by atoms with Crippen LogP contribution < -0.4 is 5.32 Å². The number of oxazole rings is 1. The molecule has 1 atom stereocenters. The molecule has 0 aliphatic heterocycles. The lowest BCUT2D eigenvalue weighted by molar-refractivity contribution is 0.485. The lowest BCUT2D eigenvalue weighted by Gasteiger charge is -2.11. The first-order valence-corrected chi connectivity index (χ1v) is 8.90. The SMILES string of the molecule is CC(Nc1nccn2nc(C3CC3)cc12)c1ncc(-c2ccccc2)o1. The monoisotopic (exact) mass is 345 g/mol. The maximum absolute atomic E-state index is 5.95. The van der Waals surface area contributed by atoms with E-state index in [1.54, 1.807) is 12.4 Å². The second kappa shape index (κ2) is 5.98. The first-order chi connectivity index (χ1) is 12.8. The van der Waals surface area contributed by atoms with Gasteiger partial charge in [0.05, 0.1) is 11.9 Å². The van der Waals surface area contributed by atoms with Crippen molar-refractivity contribution in [1.29, 1.82) is 0 Å². The summed E-state index contributed by atoms with van der Waals surface area (Å²) in [5, 5.41) is 8.07. The molecule has 0 amide bonds. The van der Waals surface area contributed by atoms with Gasteiger partial charge in [-0.05, 0) is 25.8 Å². The average Bonchev–Trinajstić information content (AvgIpc) is 3.23. The molecule has 5 rings (SSSR count). The van der Waals surface area contributed by atoms with E-state index in [1.807, 2.05) is 48.0 Å². The van der Waals surface area contributed by atoms with Crippen molar-refractivity contribution in [2.75, 3.05) is 5.32 Å². The molecule has 1 saturated carbocycles. The predicted octanol–water partition coefficient (Wildman–Crippen LogP) is 4.43. The van der Waals surface area contributed by atoms with Crippen LogP contribution in [0.3, 0.4) is 0 Å². The molecule has 1 aliphatic carbocycles. The third kappa shape index (κ3) is 2.73. The van der Waals surface area contributed by atoms with Crippen LogP contribution in [0.25, 0.3) is 16.8 Å². The van der Waals surface area contributed by atoms with Gasteiger partial charge in [0.1, 0.15) is 11.6 Å². The summed E-state index contributed by atoms with van der Waals surface area (Å²) in [6.07, 6.45) is 7.87. The van der Waals surface area contributed by atoms with Crippen LogP contribution >= 0.6 is 0 Å². The Morgan fingerprint density at radius 2 is 2.04 bits per heavy atom. The normalized spacial score (nSPS) is 15.3. The standard InChI is InChI=1S/C20H19N5O/c1-13(20-22-12-18(26-20)15-5-3-2-4-6-15)23-19-17-11-16(14-7-8-14)24-25(17)10-9-21-19/h2-6,9-14H,7-8H2,1H3,(H,21,23). The van der Waals surface area contributed by atoms with Crippen LogP contribution in [0.2, 0.25) is 0 Å². The molecule has 1 fully saturated rings. The third-order valence-electron chi connectivity index (χ3n) is 4.71. The molecule has 6 nitrogen and oxygen atoms in total. The van der Waals surface area contributed by atoms with Gasteiger partial charge in [-0.2, -0.15) is 5.10 Å². The summed E-state index contributed by atoms with van der Waals surface area (Å²) < 4.78 is 7.83. The van der Waals surface area contributed by atoms with Gasteiger partial charge in [-0.1, -0.05) is 30.3 Å². The van der Waals surface area contributed by atoms with E-state index in [0.29, 0.717) is 11.8 Å². The fraction of sp³-hybridized carbons (Fsp3) is 0.250. The molecular weight excluding hydrogens is 326 g/mol. The number of benzene rings is 1. The number of aromatic nitrogens is 4. The average molecular weight is 345 g/mol. The minimum atomic E-state index is -0.106. The molecule has 130 valence electrons. The molecule has 1 aliphatic rings. The minimum absolute atomic E-state index is 0.106. The lowest BCUT2D eigenvalue weighted by atomic mass is 10.2. The first-order valence-electron chi connectivity index (χ1n) is 8.90. The van der Waals surface area contributed by atoms with E-state index < -0.39 is 0 Å². The third-order valence-corrected chi connectivity index (χ3v) is 4.71. The van der Waals surface area contributed by atoms with E-state index in [4.69, 9.17) is 4.42 Å². The molecule has 3 heterocycles. The summed E-state index contributed by atoms with van der Waals surface area (Å²) in [5.74, 6) is 2.80. The second-order valence-corrected chi connectivity index (χ2v) is 6.74. The van der Waals surface area contributed by atoms with E-state index in [9.17, 15) is 0 Å². The Bertz CT molecular complexity index is 1050. The van der Waals surface area contributed by atoms with Crippen LogP contribution in [0.5, 0.6) is 0 Å². The molecule has 3 aromatic heterocycles. The van der Waals surface area contributed by atoms with Crippen molar-refractivity contribution < 1.29 is 4.42 Å². The molecule has 0 bridgehead atoms. The van der Waals surface area contributed by atoms with Gasteiger partial charge in [-0.15, -0.1) is 0 Å². The number of hydrogen-bond acceptors (Lipinski definition) is 5. The van der Waals surface area contributed by atoms with Crippen molar-refractivity contribution in [1.82, 2.24) is 19.6 Å². The van der Waals surface area contributed by atoms with Crippen molar-refractivity contribution in [2.24, 2.45) is 0 Å². The van der Waals surface area contributed by atoms with E-state index in [2.05, 4.69) is 26.4 Å². The number of rotatable bonds is 5. The number of nitrogens with zero attached hydrogens (tertiary/aromatic N) is 4. The smallest absolute Gasteiger partial charge is 0.217 e. The largest absolute Gasteiger partial charge is 0.438 e.